The van der Waals surface area contributed by atoms with Crippen LogP contribution in [0.3, 0.4) is 0 Å². The van der Waals surface area contributed by atoms with Gasteiger partial charge in [0.25, 0.3) is 0 Å². The second-order valence-corrected chi connectivity index (χ2v) is 9.22. The summed E-state index contributed by atoms with van der Waals surface area (Å²) in [6, 6.07) is 0. The molecular formula is C26H52O4. The van der Waals surface area contributed by atoms with E-state index in [1.165, 1.54) is 44.9 Å². The standard InChI is InChI=1S/C26H52O4/c1-8-12-15-18-22(5)19-16-13-14-17-20-29-26(7,11-4)25(27)28-21-24(10-3)30-23(6)9-2/h22-24H,8-21H2,1-7H3. The van der Waals surface area contributed by atoms with Crippen LogP contribution in [0.5, 0.6) is 0 Å². The molecule has 0 fully saturated rings. The Morgan fingerprint density at radius 1 is 0.867 bits per heavy atom. The number of carbonyl (C=O) groups is 1. The van der Waals surface area contributed by atoms with Gasteiger partial charge in [0.2, 0.25) is 0 Å². The molecule has 0 aromatic heterocycles. The smallest absolute Gasteiger partial charge is 0.338 e. The van der Waals surface area contributed by atoms with E-state index < -0.39 is 5.60 Å². The molecule has 0 aliphatic rings. The van der Waals surface area contributed by atoms with E-state index in [1.54, 1.807) is 0 Å². The molecule has 0 aromatic rings. The number of hydrogen-bond donors (Lipinski definition) is 0. The third-order valence-electron chi connectivity index (χ3n) is 6.27. The van der Waals surface area contributed by atoms with Gasteiger partial charge in [-0.1, -0.05) is 86.0 Å². The van der Waals surface area contributed by atoms with Crippen molar-refractivity contribution in [3.8, 4) is 0 Å². The number of carbonyl (C=O) groups excluding carboxylic acids is 1. The van der Waals surface area contributed by atoms with Crippen LogP contribution in [0.25, 0.3) is 0 Å². The fourth-order valence-electron chi connectivity index (χ4n) is 3.44. The minimum atomic E-state index is -0.859. The minimum absolute atomic E-state index is 0.0469. The molecule has 4 atom stereocenters. The van der Waals surface area contributed by atoms with Crippen LogP contribution in [-0.4, -0.2) is 37.0 Å². The number of ether oxygens (including phenoxy) is 3. The van der Waals surface area contributed by atoms with E-state index in [4.69, 9.17) is 14.2 Å². The van der Waals surface area contributed by atoms with E-state index in [0.29, 0.717) is 19.6 Å². The molecule has 4 unspecified atom stereocenters. The Balaban J connectivity index is 4.05. The van der Waals surface area contributed by atoms with Gasteiger partial charge in [0.1, 0.15) is 6.61 Å². The Kier molecular flexibility index (Phi) is 17.6. The largest absolute Gasteiger partial charge is 0.461 e. The normalized spacial score (nSPS) is 16.6. The van der Waals surface area contributed by atoms with Crippen molar-refractivity contribution in [1.29, 1.82) is 0 Å². The maximum absolute atomic E-state index is 12.6. The summed E-state index contributed by atoms with van der Waals surface area (Å²) >= 11 is 0. The molecule has 0 aromatic carbocycles. The number of rotatable bonds is 20. The van der Waals surface area contributed by atoms with Crippen molar-refractivity contribution >= 4 is 5.97 Å². The summed E-state index contributed by atoms with van der Waals surface area (Å²) in [4.78, 5) is 12.6. The van der Waals surface area contributed by atoms with Gasteiger partial charge < -0.3 is 14.2 Å². The highest BCUT2D eigenvalue weighted by atomic mass is 16.6. The Labute approximate surface area is 187 Å². The van der Waals surface area contributed by atoms with Crippen molar-refractivity contribution in [3.05, 3.63) is 0 Å². The fraction of sp³-hybridized carbons (Fsp3) is 0.962. The summed E-state index contributed by atoms with van der Waals surface area (Å²) in [5.74, 6) is 0.583. The maximum atomic E-state index is 12.6. The molecular weight excluding hydrogens is 376 g/mol. The Bertz CT molecular complexity index is 412. The summed E-state index contributed by atoms with van der Waals surface area (Å²) < 4.78 is 17.5. The molecule has 4 heteroatoms. The lowest BCUT2D eigenvalue weighted by Crippen LogP contribution is -2.41. The quantitative estimate of drug-likeness (QED) is 0.149. The SMILES string of the molecule is CCCCCC(C)CCCCCCOC(C)(CC)C(=O)OCC(CC)OC(C)CC. The van der Waals surface area contributed by atoms with Gasteiger partial charge in [0, 0.05) is 6.61 Å². The van der Waals surface area contributed by atoms with Crippen LogP contribution >= 0.6 is 0 Å². The van der Waals surface area contributed by atoms with E-state index in [1.807, 2.05) is 13.8 Å². The predicted octanol–water partition coefficient (Wildman–Crippen LogP) is 7.48. The summed E-state index contributed by atoms with van der Waals surface area (Å²) in [5.41, 5.74) is -0.859. The number of unbranched alkanes of at least 4 members (excludes halogenated alkanes) is 5. The van der Waals surface area contributed by atoms with Crippen LogP contribution < -0.4 is 0 Å². The molecule has 0 rings (SSSR count). The number of hydrogen-bond acceptors (Lipinski definition) is 4. The lowest BCUT2D eigenvalue weighted by atomic mass is 9.97. The molecule has 0 bridgehead atoms. The average molecular weight is 429 g/mol. The van der Waals surface area contributed by atoms with Crippen molar-refractivity contribution in [2.24, 2.45) is 5.92 Å². The van der Waals surface area contributed by atoms with Crippen molar-refractivity contribution < 1.29 is 19.0 Å². The van der Waals surface area contributed by atoms with Gasteiger partial charge in [-0.15, -0.1) is 0 Å². The van der Waals surface area contributed by atoms with Crippen LogP contribution in [0.4, 0.5) is 0 Å². The third kappa shape index (κ3) is 13.6. The zero-order valence-corrected chi connectivity index (χ0v) is 21.3. The third-order valence-corrected chi connectivity index (χ3v) is 6.27. The first-order valence-corrected chi connectivity index (χ1v) is 12.8. The maximum Gasteiger partial charge on any atom is 0.338 e. The van der Waals surface area contributed by atoms with Gasteiger partial charge in [-0.25, -0.2) is 4.79 Å². The van der Waals surface area contributed by atoms with Crippen LogP contribution in [0.2, 0.25) is 0 Å². The van der Waals surface area contributed by atoms with Crippen LogP contribution in [0.15, 0.2) is 0 Å². The van der Waals surface area contributed by atoms with E-state index in [2.05, 4.69) is 34.6 Å². The first kappa shape index (κ1) is 29.4. The molecule has 0 N–H and O–H groups in total. The Morgan fingerprint density at radius 2 is 1.50 bits per heavy atom. The molecule has 0 radical (unpaired) electrons. The predicted molar refractivity (Wildman–Crippen MR) is 127 cm³/mol. The lowest BCUT2D eigenvalue weighted by Gasteiger charge is -2.28. The second-order valence-electron chi connectivity index (χ2n) is 9.22. The van der Waals surface area contributed by atoms with Gasteiger partial charge in [0.05, 0.1) is 12.2 Å². The van der Waals surface area contributed by atoms with Crippen molar-refractivity contribution in [2.75, 3.05) is 13.2 Å². The molecule has 0 saturated heterocycles. The van der Waals surface area contributed by atoms with Crippen molar-refractivity contribution in [3.63, 3.8) is 0 Å². The highest BCUT2D eigenvalue weighted by Gasteiger charge is 2.34. The highest BCUT2D eigenvalue weighted by molar-refractivity contribution is 5.79. The van der Waals surface area contributed by atoms with Gasteiger partial charge in [0.15, 0.2) is 5.60 Å². The molecule has 30 heavy (non-hydrogen) atoms. The molecule has 0 aliphatic carbocycles. The first-order valence-electron chi connectivity index (χ1n) is 12.8. The molecule has 4 nitrogen and oxygen atoms in total. The number of esters is 1. The Morgan fingerprint density at radius 3 is 2.07 bits per heavy atom. The van der Waals surface area contributed by atoms with Gasteiger partial charge in [-0.3, -0.25) is 0 Å². The van der Waals surface area contributed by atoms with Gasteiger partial charge >= 0.3 is 5.97 Å². The minimum Gasteiger partial charge on any atom is -0.461 e. The molecule has 0 amide bonds. The molecule has 0 spiro atoms. The fourth-order valence-corrected chi connectivity index (χ4v) is 3.44. The highest BCUT2D eigenvalue weighted by Crippen LogP contribution is 2.20. The summed E-state index contributed by atoms with van der Waals surface area (Å²) in [5, 5.41) is 0. The summed E-state index contributed by atoms with van der Waals surface area (Å²) in [6.45, 7) is 15.6. The zero-order chi connectivity index (χ0) is 22.8. The van der Waals surface area contributed by atoms with Crippen LogP contribution in [0, 0.1) is 5.92 Å². The summed E-state index contributed by atoms with van der Waals surface area (Å²) in [6.07, 6.45) is 14.0. The summed E-state index contributed by atoms with van der Waals surface area (Å²) in [7, 11) is 0. The lowest BCUT2D eigenvalue weighted by molar-refractivity contribution is -0.176. The van der Waals surface area contributed by atoms with E-state index in [9.17, 15) is 4.79 Å². The first-order chi connectivity index (χ1) is 14.3. The monoisotopic (exact) mass is 428 g/mol. The zero-order valence-electron chi connectivity index (χ0n) is 21.3. The molecule has 180 valence electrons. The van der Waals surface area contributed by atoms with Gasteiger partial charge in [-0.2, -0.15) is 0 Å². The van der Waals surface area contributed by atoms with E-state index in [0.717, 1.165) is 31.6 Å². The average Bonchev–Trinajstić information content (AvgIpc) is 2.75. The molecule has 0 saturated carbocycles. The molecule has 0 aliphatic heterocycles. The van der Waals surface area contributed by atoms with E-state index in [-0.39, 0.29) is 18.2 Å². The van der Waals surface area contributed by atoms with E-state index >= 15 is 0 Å². The van der Waals surface area contributed by atoms with Crippen molar-refractivity contribution in [2.45, 2.75) is 143 Å². The van der Waals surface area contributed by atoms with Crippen LogP contribution in [-0.2, 0) is 19.0 Å². The second kappa shape index (κ2) is 18.0. The topological polar surface area (TPSA) is 44.8 Å². The van der Waals surface area contributed by atoms with Crippen LogP contribution in [0.1, 0.15) is 126 Å². The Hall–Kier alpha value is -0.610. The van der Waals surface area contributed by atoms with Crippen molar-refractivity contribution in [1.82, 2.24) is 0 Å². The van der Waals surface area contributed by atoms with Gasteiger partial charge in [-0.05, 0) is 45.4 Å². The molecule has 0 heterocycles.